The molecule has 2 unspecified atom stereocenters. The molecule has 132 valence electrons. The molecule has 2 aromatic rings. The van der Waals surface area contributed by atoms with Gasteiger partial charge in [0.25, 0.3) is 0 Å². The lowest BCUT2D eigenvalue weighted by atomic mass is 9.96. The van der Waals surface area contributed by atoms with Gasteiger partial charge in [-0.15, -0.1) is 11.8 Å². The number of hydrogen-bond donors (Lipinski definition) is 0. The molecule has 1 saturated heterocycles. The zero-order chi connectivity index (χ0) is 17.2. The molecule has 0 bridgehead atoms. The molecule has 2 aliphatic rings. The standard InChI is InChI=1S/C22H27NOS/c1-16-9-10-21-20(14-16)22(19-8-4-3-6-17(19)15-25-21)24-18-7-5-12-23(2)13-11-18/h3-4,6,8-10,14,18,22H,5,7,11-13,15H2,1-2H3. The van der Waals surface area contributed by atoms with Gasteiger partial charge in [-0.3, -0.25) is 0 Å². The number of rotatable bonds is 2. The van der Waals surface area contributed by atoms with E-state index in [2.05, 4.69) is 61.3 Å². The Kier molecular flexibility index (Phi) is 5.16. The smallest absolute Gasteiger partial charge is 0.109 e. The van der Waals surface area contributed by atoms with Gasteiger partial charge in [-0.05, 0) is 62.5 Å². The zero-order valence-corrected chi connectivity index (χ0v) is 16.0. The largest absolute Gasteiger partial charge is 0.365 e. The van der Waals surface area contributed by atoms with Crippen molar-refractivity contribution in [3.8, 4) is 0 Å². The average molecular weight is 354 g/mol. The molecule has 1 fully saturated rings. The van der Waals surface area contributed by atoms with Crippen LogP contribution in [0.5, 0.6) is 0 Å². The normalized spacial score (nSPS) is 24.1. The second-order valence-corrected chi connectivity index (χ2v) is 8.42. The minimum Gasteiger partial charge on any atom is -0.365 e. The fourth-order valence-corrected chi connectivity index (χ4v) is 5.00. The van der Waals surface area contributed by atoms with E-state index in [4.69, 9.17) is 4.74 Å². The SMILES string of the molecule is Cc1ccc2c(c1)C(OC1CCCN(C)CC1)c1ccccc1CS2. The lowest BCUT2D eigenvalue weighted by Crippen LogP contribution is -2.22. The molecule has 25 heavy (non-hydrogen) atoms. The van der Waals surface area contributed by atoms with Crippen molar-refractivity contribution in [2.24, 2.45) is 0 Å². The second-order valence-electron chi connectivity index (χ2n) is 7.40. The maximum absolute atomic E-state index is 6.81. The van der Waals surface area contributed by atoms with E-state index in [1.807, 2.05) is 11.8 Å². The summed E-state index contributed by atoms with van der Waals surface area (Å²) >= 11 is 1.94. The van der Waals surface area contributed by atoms with E-state index in [1.165, 1.54) is 40.1 Å². The summed E-state index contributed by atoms with van der Waals surface area (Å²) in [5.41, 5.74) is 5.44. The minimum absolute atomic E-state index is 0.0644. The Bertz CT molecular complexity index is 745. The molecule has 2 heterocycles. The van der Waals surface area contributed by atoms with Crippen LogP contribution in [0.2, 0.25) is 0 Å². The van der Waals surface area contributed by atoms with Gasteiger partial charge >= 0.3 is 0 Å². The van der Waals surface area contributed by atoms with Crippen LogP contribution in [0.4, 0.5) is 0 Å². The van der Waals surface area contributed by atoms with Crippen molar-refractivity contribution >= 4 is 11.8 Å². The Morgan fingerprint density at radius 2 is 1.92 bits per heavy atom. The van der Waals surface area contributed by atoms with Crippen LogP contribution in [0.1, 0.15) is 47.6 Å². The van der Waals surface area contributed by atoms with Gasteiger partial charge in [0.05, 0.1) is 6.10 Å². The van der Waals surface area contributed by atoms with Crippen LogP contribution in [-0.2, 0) is 10.5 Å². The van der Waals surface area contributed by atoms with Crippen LogP contribution in [0, 0.1) is 6.92 Å². The Hall–Kier alpha value is -1.29. The first-order valence-corrected chi connectivity index (χ1v) is 10.3. The van der Waals surface area contributed by atoms with E-state index in [0.29, 0.717) is 6.10 Å². The molecule has 0 aromatic heterocycles. The first-order valence-electron chi connectivity index (χ1n) is 9.36. The predicted octanol–water partition coefficient (Wildman–Crippen LogP) is 5.19. The summed E-state index contributed by atoms with van der Waals surface area (Å²) < 4.78 is 6.81. The maximum Gasteiger partial charge on any atom is 0.109 e. The molecule has 2 nitrogen and oxygen atoms in total. The summed E-state index contributed by atoms with van der Waals surface area (Å²) in [6.07, 6.45) is 3.93. The van der Waals surface area contributed by atoms with E-state index in [0.717, 1.165) is 25.1 Å². The van der Waals surface area contributed by atoms with Crippen LogP contribution in [0.15, 0.2) is 47.4 Å². The molecule has 0 amide bonds. The van der Waals surface area contributed by atoms with Gasteiger partial charge < -0.3 is 9.64 Å². The topological polar surface area (TPSA) is 12.5 Å². The second kappa shape index (κ2) is 7.53. The number of benzene rings is 2. The molecule has 0 radical (unpaired) electrons. The molecule has 0 N–H and O–H groups in total. The third-order valence-electron chi connectivity index (χ3n) is 5.40. The summed E-state index contributed by atoms with van der Waals surface area (Å²) in [6, 6.07) is 15.7. The van der Waals surface area contributed by atoms with E-state index >= 15 is 0 Å². The van der Waals surface area contributed by atoms with Crippen LogP contribution < -0.4 is 0 Å². The van der Waals surface area contributed by atoms with Gasteiger partial charge in [0.2, 0.25) is 0 Å². The van der Waals surface area contributed by atoms with Gasteiger partial charge in [-0.2, -0.15) is 0 Å². The first-order chi connectivity index (χ1) is 12.2. The third kappa shape index (κ3) is 3.79. The van der Waals surface area contributed by atoms with Crippen molar-refractivity contribution in [3.63, 3.8) is 0 Å². The maximum atomic E-state index is 6.81. The van der Waals surface area contributed by atoms with Crippen molar-refractivity contribution in [2.75, 3.05) is 20.1 Å². The lowest BCUT2D eigenvalue weighted by molar-refractivity contribution is -0.000597. The zero-order valence-electron chi connectivity index (χ0n) is 15.2. The molecular formula is C22H27NOS. The van der Waals surface area contributed by atoms with Crippen molar-refractivity contribution in [1.29, 1.82) is 0 Å². The summed E-state index contributed by atoms with van der Waals surface area (Å²) in [7, 11) is 2.22. The Balaban J connectivity index is 1.70. The quantitative estimate of drug-likeness (QED) is 0.737. The highest BCUT2D eigenvalue weighted by Gasteiger charge is 2.28. The van der Waals surface area contributed by atoms with Gasteiger partial charge in [0.1, 0.15) is 6.10 Å². The number of thioether (sulfide) groups is 1. The number of ether oxygens (including phenoxy) is 1. The van der Waals surface area contributed by atoms with Crippen molar-refractivity contribution in [1.82, 2.24) is 4.90 Å². The molecule has 0 saturated carbocycles. The summed E-state index contributed by atoms with van der Waals surface area (Å²) in [5.74, 6) is 1.03. The molecule has 0 spiro atoms. The van der Waals surface area contributed by atoms with Crippen molar-refractivity contribution in [2.45, 2.75) is 49.0 Å². The highest BCUT2D eigenvalue weighted by atomic mass is 32.2. The number of fused-ring (bicyclic) bond motifs is 2. The van der Waals surface area contributed by atoms with Crippen LogP contribution in [0.3, 0.4) is 0 Å². The molecule has 2 atom stereocenters. The van der Waals surface area contributed by atoms with Gasteiger partial charge in [0.15, 0.2) is 0 Å². The van der Waals surface area contributed by atoms with Crippen LogP contribution in [0.25, 0.3) is 0 Å². The van der Waals surface area contributed by atoms with Crippen LogP contribution in [-0.4, -0.2) is 31.1 Å². The molecular weight excluding hydrogens is 326 g/mol. The van der Waals surface area contributed by atoms with E-state index in [-0.39, 0.29) is 6.10 Å². The summed E-state index contributed by atoms with van der Waals surface area (Å²) in [4.78, 5) is 3.80. The monoisotopic (exact) mass is 353 g/mol. The predicted molar refractivity (Wildman–Crippen MR) is 105 cm³/mol. The number of hydrogen-bond acceptors (Lipinski definition) is 3. The van der Waals surface area contributed by atoms with E-state index in [1.54, 1.807) is 0 Å². The summed E-state index contributed by atoms with van der Waals surface area (Å²) in [6.45, 7) is 4.50. The number of likely N-dealkylation sites (tertiary alicyclic amines) is 1. The minimum atomic E-state index is 0.0644. The molecule has 2 aliphatic heterocycles. The number of nitrogens with zero attached hydrogens (tertiary/aromatic N) is 1. The first kappa shape index (κ1) is 17.1. The van der Waals surface area contributed by atoms with Gasteiger partial charge in [0, 0.05) is 17.2 Å². The Morgan fingerprint density at radius 3 is 2.84 bits per heavy atom. The number of aryl methyl sites for hydroxylation is 1. The van der Waals surface area contributed by atoms with Crippen LogP contribution >= 0.6 is 11.8 Å². The fourth-order valence-electron chi connectivity index (χ4n) is 3.93. The van der Waals surface area contributed by atoms with Crippen molar-refractivity contribution < 1.29 is 4.74 Å². The molecule has 3 heteroatoms. The van der Waals surface area contributed by atoms with E-state index in [9.17, 15) is 0 Å². The third-order valence-corrected chi connectivity index (χ3v) is 6.53. The molecule has 2 aromatic carbocycles. The highest BCUT2D eigenvalue weighted by molar-refractivity contribution is 7.98. The van der Waals surface area contributed by atoms with Crippen molar-refractivity contribution in [3.05, 3.63) is 64.7 Å². The van der Waals surface area contributed by atoms with E-state index < -0.39 is 0 Å². The Morgan fingerprint density at radius 1 is 1.04 bits per heavy atom. The average Bonchev–Trinajstić information content (AvgIpc) is 2.91. The fraction of sp³-hybridized carbons (Fsp3) is 0.455. The highest BCUT2D eigenvalue weighted by Crippen LogP contribution is 2.42. The van der Waals surface area contributed by atoms with Gasteiger partial charge in [-0.1, -0.05) is 42.0 Å². The molecule has 4 rings (SSSR count). The molecule has 0 aliphatic carbocycles. The summed E-state index contributed by atoms with van der Waals surface area (Å²) in [5, 5.41) is 0. The van der Waals surface area contributed by atoms with Gasteiger partial charge in [-0.25, -0.2) is 0 Å². The lowest BCUT2D eigenvalue weighted by Gasteiger charge is -2.26. The Labute approximate surface area is 155 Å².